The van der Waals surface area contributed by atoms with E-state index in [0.29, 0.717) is 33.0 Å². The standard InChI is InChI=1S/C25H23O4P/c1-17(2)24(26)29-20-15-18(3)23(19(4)16-20)25(27)30(28,21-11-7-5-8-12-21)22-13-9-6-10-14-22/h5-16H,1H2,2-4H3. The number of hydrogen-bond donors (Lipinski definition) is 0. The average Bonchev–Trinajstić information content (AvgIpc) is 2.73. The van der Waals surface area contributed by atoms with Crippen LogP contribution in [0.5, 0.6) is 5.75 Å². The fourth-order valence-corrected chi connectivity index (χ4v) is 5.95. The van der Waals surface area contributed by atoms with Crippen molar-refractivity contribution in [3.05, 3.63) is 102 Å². The maximum atomic E-state index is 14.3. The lowest BCUT2D eigenvalue weighted by atomic mass is 10.0. The van der Waals surface area contributed by atoms with Crippen LogP contribution < -0.4 is 15.3 Å². The summed E-state index contributed by atoms with van der Waals surface area (Å²) in [5, 5.41) is 0.968. The molecule has 3 aromatic rings. The van der Waals surface area contributed by atoms with Crippen molar-refractivity contribution in [3.63, 3.8) is 0 Å². The molecule has 0 saturated heterocycles. The Morgan fingerprint density at radius 3 is 1.67 bits per heavy atom. The number of hydrogen-bond acceptors (Lipinski definition) is 4. The third-order valence-electron chi connectivity index (χ3n) is 4.80. The van der Waals surface area contributed by atoms with E-state index in [-0.39, 0.29) is 5.57 Å². The largest absolute Gasteiger partial charge is 0.423 e. The van der Waals surface area contributed by atoms with E-state index >= 15 is 0 Å². The molecule has 0 radical (unpaired) electrons. The smallest absolute Gasteiger partial charge is 0.338 e. The lowest BCUT2D eigenvalue weighted by Gasteiger charge is -2.21. The Morgan fingerprint density at radius 2 is 1.27 bits per heavy atom. The van der Waals surface area contributed by atoms with E-state index in [9.17, 15) is 14.2 Å². The highest BCUT2D eigenvalue weighted by molar-refractivity contribution is 7.93. The first-order valence-electron chi connectivity index (χ1n) is 9.50. The average molecular weight is 418 g/mol. The molecule has 4 nitrogen and oxygen atoms in total. The van der Waals surface area contributed by atoms with Crippen molar-refractivity contribution in [3.8, 4) is 5.75 Å². The maximum Gasteiger partial charge on any atom is 0.338 e. The van der Waals surface area contributed by atoms with Gasteiger partial charge in [0.2, 0.25) is 12.7 Å². The highest BCUT2D eigenvalue weighted by Gasteiger charge is 2.38. The normalized spacial score (nSPS) is 11.0. The highest BCUT2D eigenvalue weighted by Crippen LogP contribution is 2.48. The Morgan fingerprint density at radius 1 is 0.833 bits per heavy atom. The second kappa shape index (κ2) is 8.64. The summed E-state index contributed by atoms with van der Waals surface area (Å²) in [7, 11) is -3.61. The molecule has 0 bridgehead atoms. The van der Waals surface area contributed by atoms with Crippen LogP contribution in [0.2, 0.25) is 0 Å². The van der Waals surface area contributed by atoms with Crippen LogP contribution in [0, 0.1) is 13.8 Å². The van der Waals surface area contributed by atoms with Crippen molar-refractivity contribution in [1.82, 2.24) is 0 Å². The highest BCUT2D eigenvalue weighted by atomic mass is 31.2. The molecule has 0 heterocycles. The molecule has 152 valence electrons. The van der Waals surface area contributed by atoms with Gasteiger partial charge in [-0.3, -0.25) is 4.79 Å². The third kappa shape index (κ3) is 4.05. The SMILES string of the molecule is C=C(C)C(=O)Oc1cc(C)c(C(=O)P(=O)(c2ccccc2)c2ccccc2)c(C)c1. The minimum atomic E-state index is -3.61. The molecule has 3 aromatic carbocycles. The van der Waals surface area contributed by atoms with Gasteiger partial charge in [-0.25, -0.2) is 4.79 Å². The van der Waals surface area contributed by atoms with Crippen LogP contribution in [0.3, 0.4) is 0 Å². The van der Waals surface area contributed by atoms with Crippen LogP contribution in [-0.4, -0.2) is 11.5 Å². The van der Waals surface area contributed by atoms with Crippen molar-refractivity contribution in [2.45, 2.75) is 20.8 Å². The molecule has 0 aliphatic carbocycles. The van der Waals surface area contributed by atoms with Crippen molar-refractivity contribution in [1.29, 1.82) is 0 Å². The Bertz CT molecular complexity index is 1100. The molecule has 3 rings (SSSR count). The molecule has 5 heteroatoms. The van der Waals surface area contributed by atoms with E-state index in [0.717, 1.165) is 0 Å². The summed E-state index contributed by atoms with van der Waals surface area (Å²) in [6.45, 7) is 8.64. The van der Waals surface area contributed by atoms with Gasteiger partial charge in [0.25, 0.3) is 0 Å². The van der Waals surface area contributed by atoms with E-state index in [1.807, 2.05) is 12.1 Å². The minimum absolute atomic E-state index is 0.281. The van der Waals surface area contributed by atoms with Crippen LogP contribution in [0.4, 0.5) is 0 Å². The number of carbonyl (C=O) groups is 2. The lowest BCUT2D eigenvalue weighted by molar-refractivity contribution is -0.130. The quantitative estimate of drug-likeness (QED) is 0.246. The van der Waals surface area contributed by atoms with E-state index in [4.69, 9.17) is 4.74 Å². The Kier molecular flexibility index (Phi) is 6.19. The summed E-state index contributed by atoms with van der Waals surface area (Å²) < 4.78 is 19.6. The van der Waals surface area contributed by atoms with Gasteiger partial charge in [0.05, 0.1) is 0 Å². The van der Waals surface area contributed by atoms with Gasteiger partial charge in [-0.15, -0.1) is 0 Å². The molecule has 0 N–H and O–H groups in total. The fraction of sp³-hybridized carbons (Fsp3) is 0.120. The van der Waals surface area contributed by atoms with Gasteiger partial charge in [0.15, 0.2) is 0 Å². The minimum Gasteiger partial charge on any atom is -0.423 e. The zero-order valence-corrected chi connectivity index (χ0v) is 18.1. The van der Waals surface area contributed by atoms with Gasteiger partial charge in [-0.2, -0.15) is 0 Å². The zero-order chi connectivity index (χ0) is 21.9. The second-order valence-electron chi connectivity index (χ2n) is 7.19. The molecule has 0 fully saturated rings. The Balaban J connectivity index is 2.14. The van der Waals surface area contributed by atoms with Crippen molar-refractivity contribution >= 4 is 29.2 Å². The van der Waals surface area contributed by atoms with Crippen LogP contribution in [0.25, 0.3) is 0 Å². The summed E-state index contributed by atoms with van der Waals surface area (Å²) >= 11 is 0. The van der Waals surface area contributed by atoms with Crippen LogP contribution in [0.1, 0.15) is 28.4 Å². The third-order valence-corrected chi connectivity index (χ3v) is 7.65. The van der Waals surface area contributed by atoms with Gasteiger partial charge in [0, 0.05) is 21.7 Å². The molecular weight excluding hydrogens is 395 g/mol. The number of rotatable bonds is 6. The number of ether oxygens (including phenoxy) is 1. The summed E-state index contributed by atoms with van der Waals surface area (Å²) in [5.74, 6) is -0.212. The summed E-state index contributed by atoms with van der Waals surface area (Å²) in [6, 6.07) is 20.9. The van der Waals surface area contributed by atoms with Gasteiger partial charge in [0.1, 0.15) is 5.75 Å². The molecule has 0 aliphatic rings. The monoisotopic (exact) mass is 418 g/mol. The maximum absolute atomic E-state index is 14.3. The number of esters is 1. The number of benzene rings is 3. The molecule has 30 heavy (non-hydrogen) atoms. The zero-order valence-electron chi connectivity index (χ0n) is 17.2. The summed E-state index contributed by atoms with van der Waals surface area (Å²) in [5.41, 5.74) is 1.41. The van der Waals surface area contributed by atoms with Crippen molar-refractivity contribution < 1.29 is 18.9 Å². The van der Waals surface area contributed by atoms with Crippen LogP contribution in [-0.2, 0) is 9.36 Å². The van der Waals surface area contributed by atoms with Gasteiger partial charge < -0.3 is 9.30 Å². The molecule has 0 amide bonds. The Hall–Kier alpha value is -3.23. The second-order valence-corrected chi connectivity index (χ2v) is 9.84. The van der Waals surface area contributed by atoms with E-state index in [2.05, 4.69) is 6.58 Å². The number of carbonyl (C=O) groups excluding carboxylic acids is 2. The first-order valence-corrected chi connectivity index (χ1v) is 11.2. The molecule has 0 aliphatic heterocycles. The first kappa shape index (κ1) is 21.5. The van der Waals surface area contributed by atoms with Crippen LogP contribution >= 0.6 is 7.14 Å². The van der Waals surface area contributed by atoms with Gasteiger partial charge >= 0.3 is 5.97 Å². The molecular formula is C25H23O4P. The summed E-state index contributed by atoms with van der Waals surface area (Å²) in [4.78, 5) is 25.6. The predicted molar refractivity (Wildman–Crippen MR) is 120 cm³/mol. The molecule has 0 spiro atoms. The molecule has 0 saturated carbocycles. The van der Waals surface area contributed by atoms with Crippen molar-refractivity contribution in [2.75, 3.05) is 0 Å². The molecule has 0 aromatic heterocycles. The molecule has 0 atom stereocenters. The fourth-order valence-electron chi connectivity index (χ4n) is 3.33. The number of aryl methyl sites for hydroxylation is 2. The van der Waals surface area contributed by atoms with E-state index in [1.165, 1.54) is 0 Å². The lowest BCUT2D eigenvalue weighted by Crippen LogP contribution is -2.23. The van der Waals surface area contributed by atoms with Crippen LogP contribution in [0.15, 0.2) is 84.9 Å². The Labute approximate surface area is 176 Å². The summed E-state index contributed by atoms with van der Waals surface area (Å²) in [6.07, 6.45) is 0. The molecule has 0 unspecified atom stereocenters. The van der Waals surface area contributed by atoms with Gasteiger partial charge in [-0.1, -0.05) is 67.2 Å². The van der Waals surface area contributed by atoms with E-state index in [1.54, 1.807) is 81.4 Å². The first-order chi connectivity index (χ1) is 14.2. The van der Waals surface area contributed by atoms with Crippen molar-refractivity contribution in [2.24, 2.45) is 0 Å². The van der Waals surface area contributed by atoms with Gasteiger partial charge in [-0.05, 0) is 44.0 Å². The topological polar surface area (TPSA) is 60.4 Å². The van der Waals surface area contributed by atoms with E-state index < -0.39 is 18.6 Å². The predicted octanol–water partition coefficient (Wildman–Crippen LogP) is 4.94.